The summed E-state index contributed by atoms with van der Waals surface area (Å²) >= 11 is 12.6. The van der Waals surface area contributed by atoms with Crippen LogP contribution in [0.1, 0.15) is 11.1 Å². The van der Waals surface area contributed by atoms with Crippen molar-refractivity contribution in [1.82, 2.24) is 0 Å². The molecule has 0 spiro atoms. The fourth-order valence-electron chi connectivity index (χ4n) is 3.05. The maximum absolute atomic E-state index is 12.9. The third-order valence-electron chi connectivity index (χ3n) is 4.60. The van der Waals surface area contributed by atoms with Crippen molar-refractivity contribution in [2.45, 2.75) is 6.61 Å². The highest BCUT2D eigenvalue weighted by atomic mass is 35.5. The van der Waals surface area contributed by atoms with Gasteiger partial charge in [-0.2, -0.15) is 0 Å². The Bertz CT molecular complexity index is 1150. The van der Waals surface area contributed by atoms with Crippen LogP contribution in [-0.4, -0.2) is 17.3 Å². The van der Waals surface area contributed by atoms with Gasteiger partial charge in [-0.1, -0.05) is 72.0 Å². The minimum absolute atomic E-state index is 0.136. The Balaban J connectivity index is 1.52. The first kappa shape index (κ1) is 21.4. The van der Waals surface area contributed by atoms with Crippen LogP contribution >= 0.6 is 35.6 Å². The number of amides is 1. The van der Waals surface area contributed by atoms with Crippen LogP contribution < -0.4 is 14.4 Å². The Morgan fingerprint density at radius 1 is 1.03 bits per heavy atom. The number of carbonyl (C=O) groups excluding carboxylic acids is 1. The van der Waals surface area contributed by atoms with Crippen LogP contribution in [0.4, 0.5) is 5.69 Å². The van der Waals surface area contributed by atoms with Crippen LogP contribution in [0.2, 0.25) is 5.02 Å². The van der Waals surface area contributed by atoms with Gasteiger partial charge in [0.15, 0.2) is 15.8 Å². The fraction of sp³-hybridized carbons (Fsp3) is 0.0833. The lowest BCUT2D eigenvalue weighted by molar-refractivity contribution is -0.113. The molecule has 0 radical (unpaired) electrons. The number of para-hydroxylation sites is 1. The van der Waals surface area contributed by atoms with Gasteiger partial charge in [0.25, 0.3) is 5.91 Å². The largest absolute Gasteiger partial charge is 0.493 e. The zero-order valence-electron chi connectivity index (χ0n) is 16.6. The predicted octanol–water partition coefficient (Wildman–Crippen LogP) is 6.33. The van der Waals surface area contributed by atoms with E-state index in [1.54, 1.807) is 12.0 Å². The maximum atomic E-state index is 12.9. The van der Waals surface area contributed by atoms with Crippen molar-refractivity contribution in [3.8, 4) is 11.5 Å². The van der Waals surface area contributed by atoms with Crippen molar-refractivity contribution >= 4 is 57.6 Å². The van der Waals surface area contributed by atoms with Crippen molar-refractivity contribution in [2.75, 3.05) is 12.0 Å². The lowest BCUT2D eigenvalue weighted by Gasteiger charge is -2.14. The molecule has 1 saturated heterocycles. The van der Waals surface area contributed by atoms with E-state index in [-0.39, 0.29) is 5.91 Å². The number of hydrogen-bond acceptors (Lipinski definition) is 5. The molecule has 4 nitrogen and oxygen atoms in total. The maximum Gasteiger partial charge on any atom is 0.270 e. The highest BCUT2D eigenvalue weighted by Crippen LogP contribution is 2.37. The van der Waals surface area contributed by atoms with E-state index < -0.39 is 0 Å². The van der Waals surface area contributed by atoms with Gasteiger partial charge in [0, 0.05) is 5.02 Å². The summed E-state index contributed by atoms with van der Waals surface area (Å²) in [5.41, 5.74) is 2.58. The van der Waals surface area contributed by atoms with Crippen LogP contribution in [0.5, 0.6) is 11.5 Å². The number of carbonyl (C=O) groups is 1. The van der Waals surface area contributed by atoms with Crippen LogP contribution in [0, 0.1) is 0 Å². The summed E-state index contributed by atoms with van der Waals surface area (Å²) in [6, 6.07) is 22.4. The molecular formula is C24H18ClNO3S2. The van der Waals surface area contributed by atoms with Crippen molar-refractivity contribution < 1.29 is 14.3 Å². The van der Waals surface area contributed by atoms with E-state index in [0.29, 0.717) is 32.4 Å². The summed E-state index contributed by atoms with van der Waals surface area (Å²) in [6.07, 6.45) is 1.81. The number of methoxy groups -OCH3 is 1. The first-order valence-corrected chi connectivity index (χ1v) is 11.0. The molecule has 156 valence electrons. The monoisotopic (exact) mass is 467 g/mol. The molecular weight excluding hydrogens is 450 g/mol. The first-order chi connectivity index (χ1) is 15.0. The first-order valence-electron chi connectivity index (χ1n) is 9.43. The van der Waals surface area contributed by atoms with Crippen LogP contribution in [0.3, 0.4) is 0 Å². The molecule has 0 unspecified atom stereocenters. The normalized spacial score (nSPS) is 14.9. The molecule has 0 saturated carbocycles. The van der Waals surface area contributed by atoms with Gasteiger partial charge >= 0.3 is 0 Å². The van der Waals surface area contributed by atoms with Gasteiger partial charge in [0.1, 0.15) is 6.61 Å². The van der Waals surface area contributed by atoms with Crippen LogP contribution in [-0.2, 0) is 11.4 Å². The molecule has 1 aliphatic heterocycles. The highest BCUT2D eigenvalue weighted by molar-refractivity contribution is 8.27. The molecule has 31 heavy (non-hydrogen) atoms. The molecule has 1 amide bonds. The number of thiocarbonyl (C=S) groups is 1. The van der Waals surface area contributed by atoms with Gasteiger partial charge in [0.2, 0.25) is 0 Å². The predicted molar refractivity (Wildman–Crippen MR) is 131 cm³/mol. The third-order valence-corrected chi connectivity index (χ3v) is 6.16. The van der Waals surface area contributed by atoms with Gasteiger partial charge in [-0.3, -0.25) is 9.69 Å². The molecule has 0 aromatic heterocycles. The minimum atomic E-state index is -0.136. The summed E-state index contributed by atoms with van der Waals surface area (Å²) in [5.74, 6) is 1.07. The van der Waals surface area contributed by atoms with Gasteiger partial charge in [0.05, 0.1) is 17.7 Å². The number of rotatable bonds is 6. The molecule has 0 atom stereocenters. The average molecular weight is 468 g/mol. The lowest BCUT2D eigenvalue weighted by atomic mass is 10.1. The molecule has 1 aliphatic rings. The topological polar surface area (TPSA) is 38.8 Å². The average Bonchev–Trinajstić information content (AvgIpc) is 3.07. The summed E-state index contributed by atoms with van der Waals surface area (Å²) in [6.45, 7) is 0.391. The standard InChI is InChI=1S/C24H18ClNO3S2/c1-28-21-13-17(9-12-20(21)29-15-16-7-10-18(25)11-8-16)14-22-23(27)26(24(30)31-22)19-5-3-2-4-6-19/h2-14H,15H2,1H3. The number of nitrogens with zero attached hydrogens (tertiary/aromatic N) is 1. The molecule has 0 bridgehead atoms. The summed E-state index contributed by atoms with van der Waals surface area (Å²) < 4.78 is 11.9. The van der Waals surface area contributed by atoms with Gasteiger partial charge in [-0.05, 0) is 53.6 Å². The molecule has 1 heterocycles. The van der Waals surface area contributed by atoms with Crippen LogP contribution in [0.25, 0.3) is 6.08 Å². The van der Waals surface area contributed by atoms with Gasteiger partial charge < -0.3 is 9.47 Å². The van der Waals surface area contributed by atoms with E-state index in [2.05, 4.69) is 0 Å². The number of hydrogen-bond donors (Lipinski definition) is 0. The van der Waals surface area contributed by atoms with E-state index in [1.165, 1.54) is 11.8 Å². The van der Waals surface area contributed by atoms with Crippen molar-refractivity contribution in [1.29, 1.82) is 0 Å². The molecule has 3 aromatic rings. The fourth-order valence-corrected chi connectivity index (χ4v) is 4.48. The SMILES string of the molecule is COc1cc(C=C2SC(=S)N(c3ccccc3)C2=O)ccc1OCc1ccc(Cl)cc1. The number of ether oxygens (including phenoxy) is 2. The van der Waals surface area contributed by atoms with Crippen molar-refractivity contribution in [3.63, 3.8) is 0 Å². The summed E-state index contributed by atoms with van der Waals surface area (Å²) in [5, 5.41) is 0.684. The lowest BCUT2D eigenvalue weighted by Crippen LogP contribution is -2.27. The quantitative estimate of drug-likeness (QED) is 0.312. The number of benzene rings is 3. The highest BCUT2D eigenvalue weighted by Gasteiger charge is 2.33. The minimum Gasteiger partial charge on any atom is -0.493 e. The Labute approximate surface area is 195 Å². The molecule has 1 fully saturated rings. The smallest absolute Gasteiger partial charge is 0.270 e. The molecule has 4 rings (SSSR count). The van der Waals surface area contributed by atoms with E-state index in [9.17, 15) is 4.79 Å². The zero-order valence-corrected chi connectivity index (χ0v) is 19.0. The zero-order chi connectivity index (χ0) is 21.8. The Kier molecular flexibility index (Phi) is 6.61. The third kappa shape index (κ3) is 4.93. The Morgan fingerprint density at radius 2 is 1.77 bits per heavy atom. The Hall–Kier alpha value is -2.80. The van der Waals surface area contributed by atoms with Crippen molar-refractivity contribution in [2.24, 2.45) is 0 Å². The molecule has 0 N–H and O–H groups in total. The van der Waals surface area contributed by atoms with E-state index in [0.717, 1.165) is 16.8 Å². The van der Waals surface area contributed by atoms with Crippen LogP contribution in [0.15, 0.2) is 77.7 Å². The summed E-state index contributed by atoms with van der Waals surface area (Å²) in [4.78, 5) is 15.0. The molecule has 7 heteroatoms. The second-order valence-corrected chi connectivity index (χ2v) is 8.79. The molecule has 3 aromatic carbocycles. The van der Waals surface area contributed by atoms with E-state index >= 15 is 0 Å². The second kappa shape index (κ2) is 9.56. The van der Waals surface area contributed by atoms with Gasteiger partial charge in [-0.25, -0.2) is 0 Å². The van der Waals surface area contributed by atoms with Crippen molar-refractivity contribution in [3.05, 3.63) is 93.9 Å². The van der Waals surface area contributed by atoms with Gasteiger partial charge in [-0.15, -0.1) is 0 Å². The number of halogens is 1. The second-order valence-electron chi connectivity index (χ2n) is 6.68. The molecule has 0 aliphatic carbocycles. The number of anilines is 1. The van der Waals surface area contributed by atoms with E-state index in [4.69, 9.17) is 33.3 Å². The van der Waals surface area contributed by atoms with E-state index in [1.807, 2.05) is 78.9 Å². The number of thioether (sulfide) groups is 1. The summed E-state index contributed by atoms with van der Waals surface area (Å²) in [7, 11) is 1.59. The Morgan fingerprint density at radius 3 is 2.48 bits per heavy atom.